The second kappa shape index (κ2) is 7.58. The van der Waals surface area contributed by atoms with Crippen LogP contribution in [0, 0.1) is 11.3 Å². The van der Waals surface area contributed by atoms with E-state index in [2.05, 4.69) is 41.3 Å². The van der Waals surface area contributed by atoms with Crippen molar-refractivity contribution in [2.75, 3.05) is 46.5 Å². The lowest BCUT2D eigenvalue weighted by atomic mass is 9.55. The van der Waals surface area contributed by atoms with E-state index in [0.29, 0.717) is 24.1 Å². The maximum atomic E-state index is 6.00. The van der Waals surface area contributed by atoms with Gasteiger partial charge < -0.3 is 20.1 Å². The SMILES string of the molecule is CN=C(NCC(C)N1CCOCC1)NC1C2CCCOC2C1(C)C. The van der Waals surface area contributed by atoms with Crippen LogP contribution in [0.2, 0.25) is 0 Å². The summed E-state index contributed by atoms with van der Waals surface area (Å²) in [6.07, 6.45) is 2.83. The average Bonchev–Trinajstić information content (AvgIpc) is 2.62. The van der Waals surface area contributed by atoms with Crippen LogP contribution in [0.1, 0.15) is 33.6 Å². The van der Waals surface area contributed by atoms with E-state index in [4.69, 9.17) is 9.47 Å². The highest BCUT2D eigenvalue weighted by Gasteiger charge is 2.58. The predicted octanol–water partition coefficient (Wildman–Crippen LogP) is 1.08. The van der Waals surface area contributed by atoms with E-state index >= 15 is 0 Å². The van der Waals surface area contributed by atoms with E-state index in [1.807, 2.05) is 7.05 Å². The summed E-state index contributed by atoms with van der Waals surface area (Å²) < 4.78 is 11.4. The van der Waals surface area contributed by atoms with Gasteiger partial charge in [-0.3, -0.25) is 9.89 Å². The molecule has 138 valence electrons. The van der Waals surface area contributed by atoms with Crippen LogP contribution in [-0.4, -0.2) is 75.5 Å². The smallest absolute Gasteiger partial charge is 0.191 e. The molecule has 0 bridgehead atoms. The highest BCUT2D eigenvalue weighted by Crippen LogP contribution is 2.51. The van der Waals surface area contributed by atoms with Gasteiger partial charge in [0, 0.05) is 56.7 Å². The molecule has 1 aliphatic carbocycles. The number of aliphatic imine (C=N–C) groups is 1. The number of hydrogen-bond donors (Lipinski definition) is 2. The minimum Gasteiger partial charge on any atom is -0.379 e. The first-order valence-corrected chi connectivity index (χ1v) is 9.44. The molecule has 0 aromatic heterocycles. The van der Waals surface area contributed by atoms with Gasteiger partial charge in [-0.2, -0.15) is 0 Å². The van der Waals surface area contributed by atoms with Crippen LogP contribution in [0.15, 0.2) is 4.99 Å². The van der Waals surface area contributed by atoms with Crippen molar-refractivity contribution in [3.8, 4) is 0 Å². The first-order chi connectivity index (χ1) is 11.5. The topological polar surface area (TPSA) is 58.1 Å². The highest BCUT2D eigenvalue weighted by molar-refractivity contribution is 5.80. The Hall–Kier alpha value is -0.850. The number of nitrogens with one attached hydrogen (secondary N) is 2. The summed E-state index contributed by atoms with van der Waals surface area (Å²) in [6, 6.07) is 0.917. The minimum atomic E-state index is 0.165. The summed E-state index contributed by atoms with van der Waals surface area (Å²) in [6.45, 7) is 12.4. The molecule has 0 radical (unpaired) electrons. The van der Waals surface area contributed by atoms with Crippen molar-refractivity contribution < 1.29 is 9.47 Å². The number of fused-ring (bicyclic) bond motifs is 1. The van der Waals surface area contributed by atoms with Crippen LogP contribution >= 0.6 is 0 Å². The number of rotatable bonds is 4. The number of hydrogen-bond acceptors (Lipinski definition) is 4. The van der Waals surface area contributed by atoms with Gasteiger partial charge in [-0.05, 0) is 19.8 Å². The Labute approximate surface area is 146 Å². The maximum Gasteiger partial charge on any atom is 0.191 e. The van der Waals surface area contributed by atoms with Crippen molar-refractivity contribution in [3.63, 3.8) is 0 Å². The highest BCUT2D eigenvalue weighted by atomic mass is 16.5. The van der Waals surface area contributed by atoms with Gasteiger partial charge in [-0.15, -0.1) is 0 Å². The Balaban J connectivity index is 1.50. The van der Waals surface area contributed by atoms with Crippen molar-refractivity contribution in [2.45, 2.75) is 51.8 Å². The van der Waals surface area contributed by atoms with Gasteiger partial charge in [-0.25, -0.2) is 0 Å². The molecule has 6 nitrogen and oxygen atoms in total. The molecule has 2 heterocycles. The van der Waals surface area contributed by atoms with E-state index in [9.17, 15) is 0 Å². The van der Waals surface area contributed by atoms with Gasteiger partial charge in [0.25, 0.3) is 0 Å². The molecule has 1 saturated carbocycles. The average molecular weight is 338 g/mol. The Morgan fingerprint density at radius 1 is 1.29 bits per heavy atom. The largest absolute Gasteiger partial charge is 0.379 e. The van der Waals surface area contributed by atoms with E-state index in [1.165, 1.54) is 12.8 Å². The first kappa shape index (κ1) is 18.0. The van der Waals surface area contributed by atoms with Gasteiger partial charge in [0.05, 0.1) is 19.3 Å². The van der Waals surface area contributed by atoms with Gasteiger partial charge in [0.1, 0.15) is 0 Å². The fourth-order valence-electron chi connectivity index (χ4n) is 4.55. The summed E-state index contributed by atoms with van der Waals surface area (Å²) >= 11 is 0. The molecule has 0 aromatic carbocycles. The molecule has 0 spiro atoms. The Kier molecular flexibility index (Phi) is 5.67. The molecular weight excluding hydrogens is 304 g/mol. The molecule has 2 N–H and O–H groups in total. The number of nitrogens with zero attached hydrogens (tertiary/aromatic N) is 2. The predicted molar refractivity (Wildman–Crippen MR) is 96.4 cm³/mol. The third kappa shape index (κ3) is 3.55. The Morgan fingerprint density at radius 3 is 2.75 bits per heavy atom. The third-order valence-electron chi connectivity index (χ3n) is 6.08. The van der Waals surface area contributed by atoms with Crippen LogP contribution in [-0.2, 0) is 9.47 Å². The molecule has 4 unspecified atom stereocenters. The van der Waals surface area contributed by atoms with Crippen LogP contribution in [0.4, 0.5) is 0 Å². The zero-order valence-corrected chi connectivity index (χ0v) is 15.7. The molecule has 6 heteroatoms. The number of guanidine groups is 1. The second-order valence-corrected chi connectivity index (χ2v) is 7.99. The summed E-state index contributed by atoms with van der Waals surface area (Å²) in [4.78, 5) is 6.91. The second-order valence-electron chi connectivity index (χ2n) is 7.99. The lowest BCUT2D eigenvalue weighted by Gasteiger charge is -2.60. The zero-order valence-electron chi connectivity index (χ0n) is 15.7. The lowest BCUT2D eigenvalue weighted by Crippen LogP contribution is -2.71. The zero-order chi connectivity index (χ0) is 17.2. The molecule has 4 atom stereocenters. The van der Waals surface area contributed by atoms with E-state index in [1.54, 1.807) is 0 Å². The lowest BCUT2D eigenvalue weighted by molar-refractivity contribution is -0.188. The van der Waals surface area contributed by atoms with Crippen LogP contribution < -0.4 is 10.6 Å². The standard InChI is InChI=1S/C18H34N4O2/c1-13(22-7-10-23-11-8-22)12-20-17(19-4)21-15-14-6-5-9-24-16(14)18(15,2)3/h13-16H,5-12H2,1-4H3,(H2,19,20,21). The van der Waals surface area contributed by atoms with Gasteiger partial charge in [0.15, 0.2) is 5.96 Å². The van der Waals surface area contributed by atoms with Crippen LogP contribution in [0.25, 0.3) is 0 Å². The van der Waals surface area contributed by atoms with Crippen molar-refractivity contribution in [1.29, 1.82) is 0 Å². The molecule has 3 fully saturated rings. The number of morpholine rings is 1. The molecule has 2 aliphatic heterocycles. The Morgan fingerprint density at radius 2 is 2.04 bits per heavy atom. The third-order valence-corrected chi connectivity index (χ3v) is 6.08. The molecule has 0 aromatic rings. The first-order valence-electron chi connectivity index (χ1n) is 9.44. The van der Waals surface area contributed by atoms with E-state index in [-0.39, 0.29) is 5.41 Å². The summed E-state index contributed by atoms with van der Waals surface area (Å²) in [5.41, 5.74) is 0.165. The summed E-state index contributed by atoms with van der Waals surface area (Å²) in [5, 5.41) is 7.18. The van der Waals surface area contributed by atoms with Gasteiger partial charge >= 0.3 is 0 Å². The molecule has 24 heavy (non-hydrogen) atoms. The van der Waals surface area contributed by atoms with Crippen molar-refractivity contribution in [3.05, 3.63) is 0 Å². The van der Waals surface area contributed by atoms with Gasteiger partial charge in [-0.1, -0.05) is 13.8 Å². The molecule has 2 saturated heterocycles. The van der Waals surface area contributed by atoms with Crippen molar-refractivity contribution >= 4 is 5.96 Å². The van der Waals surface area contributed by atoms with Gasteiger partial charge in [0.2, 0.25) is 0 Å². The quantitative estimate of drug-likeness (QED) is 0.593. The molecule has 0 amide bonds. The maximum absolute atomic E-state index is 6.00. The van der Waals surface area contributed by atoms with Crippen LogP contribution in [0.3, 0.4) is 0 Å². The number of ether oxygens (including phenoxy) is 2. The normalized spacial score (nSPS) is 34.8. The van der Waals surface area contributed by atoms with Crippen LogP contribution in [0.5, 0.6) is 0 Å². The van der Waals surface area contributed by atoms with Crippen molar-refractivity contribution in [2.24, 2.45) is 16.3 Å². The fourth-order valence-corrected chi connectivity index (χ4v) is 4.55. The van der Waals surface area contributed by atoms with Crippen molar-refractivity contribution in [1.82, 2.24) is 15.5 Å². The summed E-state index contributed by atoms with van der Waals surface area (Å²) in [7, 11) is 1.86. The molecule has 3 aliphatic rings. The summed E-state index contributed by atoms with van der Waals surface area (Å²) in [5.74, 6) is 1.53. The Bertz CT molecular complexity index is 448. The molecule has 3 rings (SSSR count). The van der Waals surface area contributed by atoms with E-state index < -0.39 is 0 Å². The monoisotopic (exact) mass is 338 g/mol. The fraction of sp³-hybridized carbons (Fsp3) is 0.944. The molecular formula is C18H34N4O2. The van der Waals surface area contributed by atoms with E-state index in [0.717, 1.165) is 45.4 Å². The minimum absolute atomic E-state index is 0.165.